The Kier molecular flexibility index (Phi) is 9.25. The van der Waals surface area contributed by atoms with Crippen molar-refractivity contribution in [2.75, 3.05) is 5.32 Å². The van der Waals surface area contributed by atoms with Crippen molar-refractivity contribution in [2.45, 2.75) is 19.9 Å². The monoisotopic (exact) mass is 357 g/mol. The van der Waals surface area contributed by atoms with E-state index < -0.39 is 0 Å². The molecule has 0 aliphatic heterocycles. The highest BCUT2D eigenvalue weighted by Gasteiger charge is 2.16. The molecular formula is C16H21Cl2N3O2. The molecular weight excluding hydrogens is 337 g/mol. The molecule has 0 saturated heterocycles. The molecule has 0 bridgehead atoms. The fourth-order valence-corrected chi connectivity index (χ4v) is 1.64. The molecule has 2 atom stereocenters. The molecule has 0 fully saturated rings. The molecule has 0 aliphatic rings. The molecule has 1 aromatic heterocycles. The van der Waals surface area contributed by atoms with E-state index in [0.717, 1.165) is 5.69 Å². The van der Waals surface area contributed by atoms with Gasteiger partial charge in [0.05, 0.1) is 5.92 Å². The van der Waals surface area contributed by atoms with Crippen LogP contribution in [0, 0.1) is 5.92 Å². The van der Waals surface area contributed by atoms with Gasteiger partial charge >= 0.3 is 0 Å². The van der Waals surface area contributed by atoms with Crippen molar-refractivity contribution in [3.63, 3.8) is 0 Å². The van der Waals surface area contributed by atoms with Gasteiger partial charge in [-0.15, -0.1) is 24.8 Å². The highest BCUT2D eigenvalue weighted by molar-refractivity contribution is 5.92. The van der Waals surface area contributed by atoms with Gasteiger partial charge in [-0.3, -0.25) is 9.78 Å². The van der Waals surface area contributed by atoms with Crippen LogP contribution in [-0.4, -0.2) is 16.9 Å². The zero-order valence-corrected chi connectivity index (χ0v) is 14.6. The number of benzene rings is 1. The van der Waals surface area contributed by atoms with Crippen LogP contribution in [-0.2, 0) is 4.79 Å². The summed E-state index contributed by atoms with van der Waals surface area (Å²) in [7, 11) is 0. The van der Waals surface area contributed by atoms with Crippen molar-refractivity contribution in [3.05, 3.63) is 48.8 Å². The average molecular weight is 358 g/mol. The van der Waals surface area contributed by atoms with Crippen LogP contribution in [0.2, 0.25) is 0 Å². The van der Waals surface area contributed by atoms with E-state index in [2.05, 4.69) is 10.3 Å². The molecule has 0 aliphatic carbocycles. The number of ether oxygens (including phenoxy) is 1. The highest BCUT2D eigenvalue weighted by atomic mass is 35.5. The molecule has 1 aromatic carbocycles. The van der Waals surface area contributed by atoms with Crippen molar-refractivity contribution in [1.29, 1.82) is 0 Å². The number of nitrogens with zero attached hydrogens (tertiary/aromatic N) is 1. The van der Waals surface area contributed by atoms with Gasteiger partial charge in [0.2, 0.25) is 5.91 Å². The predicted octanol–water partition coefficient (Wildman–Crippen LogP) is 3.64. The number of carbonyl (C=O) groups excluding carboxylic acids is 1. The van der Waals surface area contributed by atoms with Crippen molar-refractivity contribution in [3.8, 4) is 11.5 Å². The van der Waals surface area contributed by atoms with E-state index in [4.69, 9.17) is 10.5 Å². The number of nitrogens with two attached hydrogens (primary N) is 1. The molecule has 0 spiro atoms. The first-order chi connectivity index (χ1) is 10.1. The second-order valence-electron chi connectivity index (χ2n) is 4.95. The molecule has 2 rings (SSSR count). The molecule has 7 heteroatoms. The minimum atomic E-state index is -0.238. The van der Waals surface area contributed by atoms with Gasteiger partial charge in [-0.05, 0) is 43.3 Å². The van der Waals surface area contributed by atoms with Crippen LogP contribution in [0.25, 0.3) is 0 Å². The Morgan fingerprint density at radius 3 is 2.09 bits per heavy atom. The highest BCUT2D eigenvalue weighted by Crippen LogP contribution is 2.22. The second kappa shape index (κ2) is 10.0. The van der Waals surface area contributed by atoms with Crippen LogP contribution in [0.5, 0.6) is 11.5 Å². The van der Waals surface area contributed by atoms with Crippen LogP contribution in [0.15, 0.2) is 48.8 Å². The Balaban J connectivity index is 0.00000242. The molecule has 3 N–H and O–H groups in total. The van der Waals surface area contributed by atoms with Crippen molar-refractivity contribution < 1.29 is 9.53 Å². The molecule has 2 aromatic rings. The van der Waals surface area contributed by atoms with Crippen molar-refractivity contribution in [1.82, 2.24) is 4.98 Å². The summed E-state index contributed by atoms with van der Waals surface area (Å²) in [4.78, 5) is 15.8. The van der Waals surface area contributed by atoms with E-state index in [1.807, 2.05) is 6.92 Å². The lowest BCUT2D eigenvalue weighted by Gasteiger charge is -2.15. The van der Waals surface area contributed by atoms with Crippen LogP contribution in [0.4, 0.5) is 5.69 Å². The number of hydrogen-bond acceptors (Lipinski definition) is 4. The van der Waals surface area contributed by atoms with E-state index in [9.17, 15) is 4.79 Å². The fourth-order valence-electron chi connectivity index (χ4n) is 1.64. The summed E-state index contributed by atoms with van der Waals surface area (Å²) in [6.07, 6.45) is 3.33. The molecule has 1 amide bonds. The molecule has 23 heavy (non-hydrogen) atoms. The maximum Gasteiger partial charge on any atom is 0.228 e. The lowest BCUT2D eigenvalue weighted by atomic mass is 10.0. The minimum absolute atomic E-state index is 0. The third-order valence-electron chi connectivity index (χ3n) is 3.21. The number of rotatable bonds is 5. The van der Waals surface area contributed by atoms with Gasteiger partial charge < -0.3 is 15.8 Å². The normalized spacial score (nSPS) is 12.1. The van der Waals surface area contributed by atoms with Gasteiger partial charge in [0.15, 0.2) is 0 Å². The molecule has 126 valence electrons. The topological polar surface area (TPSA) is 77.2 Å². The summed E-state index contributed by atoms with van der Waals surface area (Å²) >= 11 is 0. The quantitative estimate of drug-likeness (QED) is 0.856. The molecule has 2 unspecified atom stereocenters. The SMILES string of the molecule is CC(N)C(C)C(=O)Nc1ccc(Oc2ccncc2)cc1.Cl.Cl. The van der Waals surface area contributed by atoms with Crippen LogP contribution >= 0.6 is 24.8 Å². The Morgan fingerprint density at radius 2 is 1.57 bits per heavy atom. The van der Waals surface area contributed by atoms with Crippen molar-refractivity contribution >= 4 is 36.4 Å². The largest absolute Gasteiger partial charge is 0.457 e. The standard InChI is InChI=1S/C16H19N3O2.2ClH/c1-11(12(2)17)16(20)19-13-3-5-14(6-4-13)21-15-7-9-18-10-8-15;;/h3-12H,17H2,1-2H3,(H,19,20);2*1H. The summed E-state index contributed by atoms with van der Waals surface area (Å²) in [5.74, 6) is 1.08. The van der Waals surface area contributed by atoms with Gasteiger partial charge in [0, 0.05) is 24.1 Å². The second-order valence-corrected chi connectivity index (χ2v) is 4.95. The van der Waals surface area contributed by atoms with Crippen LogP contribution < -0.4 is 15.8 Å². The van der Waals surface area contributed by atoms with E-state index in [-0.39, 0.29) is 42.7 Å². The number of hydrogen-bond donors (Lipinski definition) is 2. The molecule has 1 heterocycles. The van der Waals surface area contributed by atoms with Crippen LogP contribution in [0.1, 0.15) is 13.8 Å². The Hall–Kier alpha value is -1.82. The summed E-state index contributed by atoms with van der Waals surface area (Å²) in [6.45, 7) is 3.62. The smallest absolute Gasteiger partial charge is 0.228 e. The third-order valence-corrected chi connectivity index (χ3v) is 3.21. The minimum Gasteiger partial charge on any atom is -0.457 e. The fraction of sp³-hybridized carbons (Fsp3) is 0.250. The van der Waals surface area contributed by atoms with Gasteiger partial charge in [0.25, 0.3) is 0 Å². The Bertz CT molecular complexity index is 592. The predicted molar refractivity (Wildman–Crippen MR) is 96.7 cm³/mol. The summed E-state index contributed by atoms with van der Waals surface area (Å²) in [5, 5.41) is 2.83. The zero-order valence-electron chi connectivity index (χ0n) is 12.9. The number of aromatic nitrogens is 1. The van der Waals surface area contributed by atoms with E-state index in [1.165, 1.54) is 0 Å². The van der Waals surface area contributed by atoms with Gasteiger partial charge in [-0.2, -0.15) is 0 Å². The Labute approximate surface area is 148 Å². The molecule has 5 nitrogen and oxygen atoms in total. The van der Waals surface area contributed by atoms with Gasteiger partial charge in [0.1, 0.15) is 11.5 Å². The van der Waals surface area contributed by atoms with Gasteiger partial charge in [-0.1, -0.05) is 6.92 Å². The van der Waals surface area contributed by atoms with E-state index in [0.29, 0.717) is 11.5 Å². The maximum atomic E-state index is 11.9. The first-order valence-electron chi connectivity index (χ1n) is 6.80. The lowest BCUT2D eigenvalue weighted by molar-refractivity contribution is -0.119. The lowest BCUT2D eigenvalue weighted by Crippen LogP contribution is -2.34. The number of nitrogens with one attached hydrogen (secondary N) is 1. The third kappa shape index (κ3) is 6.44. The summed E-state index contributed by atoms with van der Waals surface area (Å²) in [5.41, 5.74) is 6.43. The number of pyridine rings is 1. The van der Waals surface area contributed by atoms with Crippen molar-refractivity contribution in [2.24, 2.45) is 11.7 Å². The van der Waals surface area contributed by atoms with Crippen LogP contribution in [0.3, 0.4) is 0 Å². The Morgan fingerprint density at radius 1 is 1.04 bits per heavy atom. The summed E-state index contributed by atoms with van der Waals surface area (Å²) < 4.78 is 5.65. The number of amides is 1. The van der Waals surface area contributed by atoms with E-state index in [1.54, 1.807) is 55.7 Å². The van der Waals surface area contributed by atoms with E-state index >= 15 is 0 Å². The maximum absolute atomic E-state index is 11.9. The zero-order chi connectivity index (χ0) is 15.2. The number of carbonyl (C=O) groups is 1. The summed E-state index contributed by atoms with van der Waals surface area (Å²) in [6, 6.07) is 10.6. The first kappa shape index (κ1) is 21.2. The molecule has 0 radical (unpaired) electrons. The number of halogens is 2. The first-order valence-corrected chi connectivity index (χ1v) is 6.80. The average Bonchev–Trinajstić information content (AvgIpc) is 2.49. The number of anilines is 1. The molecule has 0 saturated carbocycles. The van der Waals surface area contributed by atoms with Gasteiger partial charge in [-0.25, -0.2) is 0 Å².